The van der Waals surface area contributed by atoms with E-state index in [1.807, 2.05) is 0 Å². The lowest BCUT2D eigenvalue weighted by Crippen LogP contribution is -2.41. The van der Waals surface area contributed by atoms with E-state index in [0.29, 0.717) is 0 Å². The Kier molecular flexibility index (Phi) is 11.5. The van der Waals surface area contributed by atoms with Crippen molar-refractivity contribution in [3.05, 3.63) is 0 Å². The highest BCUT2D eigenvalue weighted by Crippen LogP contribution is 2.47. The molecule has 0 aromatic carbocycles. The largest absolute Gasteiger partial charge is 0.472 e. The molecule has 8 unspecified atom stereocenters. The fourth-order valence-corrected chi connectivity index (χ4v) is 3.25. The Hall–Kier alpha value is -0.250. The normalized spacial score (nSPS) is 30.7. The highest BCUT2D eigenvalue weighted by molar-refractivity contribution is 7.47. The van der Waals surface area contributed by atoms with Gasteiger partial charge in [-0.3, -0.25) is 9.05 Å². The van der Waals surface area contributed by atoms with Gasteiger partial charge in [-0.25, -0.2) is 4.57 Å². The first-order valence-corrected chi connectivity index (χ1v) is 10.2. The average molecular weight is 435 g/mol. The Bertz CT molecular complexity index is 483. The first kappa shape index (κ1) is 25.8. The first-order valence-electron chi connectivity index (χ1n) is 8.66. The van der Waals surface area contributed by atoms with Gasteiger partial charge >= 0.3 is 7.82 Å². The standard InChI is InChI=1S/C14H30NO12P/c1-8(17)11(19)9(18)7-24-14-12(20)13(10(6-16)26-14)27-28(21,22)25-5-4-23-3-2-15/h8-14,16-20H,2-7,15H2,1H3,(H,21,22). The SMILES string of the molecule is CC(O)C(O)C(O)COC1OC(CO)C(OP(=O)(O)OCCOCCN)C1O. The van der Waals surface area contributed by atoms with Gasteiger partial charge in [0.15, 0.2) is 6.29 Å². The van der Waals surface area contributed by atoms with Crippen LogP contribution >= 0.6 is 7.82 Å². The van der Waals surface area contributed by atoms with Gasteiger partial charge in [0.05, 0.1) is 39.1 Å². The van der Waals surface area contributed by atoms with Crippen LogP contribution in [0.15, 0.2) is 0 Å². The van der Waals surface area contributed by atoms with Crippen LogP contribution in [0.2, 0.25) is 0 Å². The van der Waals surface area contributed by atoms with Gasteiger partial charge in [0.25, 0.3) is 0 Å². The second-order valence-electron chi connectivity index (χ2n) is 6.12. The Morgan fingerprint density at radius 3 is 2.46 bits per heavy atom. The molecule has 14 heteroatoms. The van der Waals surface area contributed by atoms with Crippen LogP contribution < -0.4 is 5.73 Å². The monoisotopic (exact) mass is 435 g/mol. The van der Waals surface area contributed by atoms with E-state index < -0.39 is 64.0 Å². The second-order valence-corrected chi connectivity index (χ2v) is 7.53. The van der Waals surface area contributed by atoms with E-state index in [-0.39, 0.29) is 26.4 Å². The maximum atomic E-state index is 12.0. The lowest BCUT2D eigenvalue weighted by molar-refractivity contribution is -0.192. The van der Waals surface area contributed by atoms with Crippen molar-refractivity contribution in [2.24, 2.45) is 5.73 Å². The lowest BCUT2D eigenvalue weighted by atomic mass is 10.1. The molecule has 0 aromatic heterocycles. The number of aliphatic hydroxyl groups excluding tert-OH is 5. The van der Waals surface area contributed by atoms with Crippen LogP contribution in [0.4, 0.5) is 0 Å². The van der Waals surface area contributed by atoms with Crippen molar-refractivity contribution in [1.82, 2.24) is 0 Å². The minimum Gasteiger partial charge on any atom is -0.394 e. The molecule has 0 aliphatic carbocycles. The smallest absolute Gasteiger partial charge is 0.394 e. The molecular weight excluding hydrogens is 405 g/mol. The van der Waals surface area contributed by atoms with Gasteiger partial charge in [-0.15, -0.1) is 0 Å². The summed E-state index contributed by atoms with van der Waals surface area (Å²) in [6.45, 7) is 0.320. The number of nitrogens with two attached hydrogens (primary N) is 1. The average Bonchev–Trinajstić information content (AvgIpc) is 2.93. The van der Waals surface area contributed by atoms with Gasteiger partial charge in [0.2, 0.25) is 0 Å². The lowest BCUT2D eigenvalue weighted by Gasteiger charge is -2.23. The molecule has 0 saturated carbocycles. The summed E-state index contributed by atoms with van der Waals surface area (Å²) < 4.78 is 36.9. The van der Waals surface area contributed by atoms with Crippen LogP contribution in [0.3, 0.4) is 0 Å². The molecule has 0 spiro atoms. The molecule has 1 saturated heterocycles. The quantitative estimate of drug-likeness (QED) is 0.105. The van der Waals surface area contributed by atoms with Crippen molar-refractivity contribution in [1.29, 1.82) is 0 Å². The molecule has 1 rings (SSSR count). The third-order valence-electron chi connectivity index (χ3n) is 3.79. The Morgan fingerprint density at radius 1 is 1.21 bits per heavy atom. The van der Waals surface area contributed by atoms with Gasteiger partial charge in [-0.1, -0.05) is 0 Å². The van der Waals surface area contributed by atoms with Crippen LogP contribution in [0.1, 0.15) is 6.92 Å². The van der Waals surface area contributed by atoms with Crippen molar-refractivity contribution >= 4 is 7.82 Å². The van der Waals surface area contributed by atoms with Crippen molar-refractivity contribution in [2.75, 3.05) is 39.6 Å². The molecule has 1 heterocycles. The predicted octanol–water partition coefficient (Wildman–Crippen LogP) is -3.34. The highest BCUT2D eigenvalue weighted by Gasteiger charge is 2.48. The number of phosphoric acid groups is 1. The Morgan fingerprint density at radius 2 is 1.89 bits per heavy atom. The number of rotatable bonds is 14. The number of hydrogen-bond donors (Lipinski definition) is 7. The van der Waals surface area contributed by atoms with E-state index in [1.54, 1.807) is 0 Å². The van der Waals surface area contributed by atoms with Gasteiger partial charge in [0.1, 0.15) is 30.5 Å². The molecule has 1 aliphatic rings. The molecule has 1 aliphatic heterocycles. The molecule has 0 bridgehead atoms. The van der Waals surface area contributed by atoms with Gasteiger partial charge in [-0.05, 0) is 6.92 Å². The van der Waals surface area contributed by atoms with Crippen molar-refractivity contribution in [2.45, 2.75) is 49.8 Å². The van der Waals surface area contributed by atoms with Gasteiger partial charge in [-0.2, -0.15) is 0 Å². The summed E-state index contributed by atoms with van der Waals surface area (Å²) in [6, 6.07) is 0. The van der Waals surface area contributed by atoms with Crippen molar-refractivity contribution in [3.8, 4) is 0 Å². The van der Waals surface area contributed by atoms with Gasteiger partial charge in [0, 0.05) is 6.54 Å². The topological polar surface area (TPSA) is 211 Å². The molecular formula is C14H30NO12P. The summed E-state index contributed by atoms with van der Waals surface area (Å²) in [7, 11) is -4.61. The Balaban J connectivity index is 2.56. The maximum Gasteiger partial charge on any atom is 0.472 e. The van der Waals surface area contributed by atoms with E-state index in [9.17, 15) is 35.0 Å². The van der Waals surface area contributed by atoms with Gasteiger partial charge < -0.3 is 50.4 Å². The first-order chi connectivity index (χ1) is 13.1. The number of phosphoric ester groups is 1. The number of ether oxygens (including phenoxy) is 3. The summed E-state index contributed by atoms with van der Waals surface area (Å²) in [5.41, 5.74) is 5.22. The molecule has 1 fully saturated rings. The van der Waals surface area contributed by atoms with Crippen LogP contribution in [0.5, 0.6) is 0 Å². The van der Waals surface area contributed by atoms with Crippen LogP contribution in [0.25, 0.3) is 0 Å². The third kappa shape index (κ3) is 8.24. The minimum absolute atomic E-state index is 0.00646. The Labute approximate surface area is 162 Å². The zero-order valence-electron chi connectivity index (χ0n) is 15.4. The van der Waals surface area contributed by atoms with E-state index in [4.69, 9.17) is 29.0 Å². The highest BCUT2D eigenvalue weighted by atomic mass is 31.2. The molecule has 13 nitrogen and oxygen atoms in total. The van der Waals surface area contributed by atoms with E-state index in [1.165, 1.54) is 6.92 Å². The second kappa shape index (κ2) is 12.4. The number of aliphatic hydroxyl groups is 5. The number of hydrogen-bond acceptors (Lipinski definition) is 12. The summed E-state index contributed by atoms with van der Waals surface area (Å²) in [6.07, 6.45) is -9.90. The summed E-state index contributed by atoms with van der Waals surface area (Å²) in [5.74, 6) is 0. The molecule has 168 valence electrons. The van der Waals surface area contributed by atoms with E-state index in [0.717, 1.165) is 0 Å². The molecule has 0 aromatic rings. The predicted molar refractivity (Wildman–Crippen MR) is 91.9 cm³/mol. The molecule has 0 amide bonds. The molecule has 28 heavy (non-hydrogen) atoms. The summed E-state index contributed by atoms with van der Waals surface area (Å²) >= 11 is 0. The van der Waals surface area contributed by atoms with Crippen LogP contribution in [-0.2, 0) is 27.8 Å². The fourth-order valence-electron chi connectivity index (χ4n) is 2.31. The molecule has 8 N–H and O–H groups in total. The summed E-state index contributed by atoms with van der Waals surface area (Å²) in [4.78, 5) is 9.74. The molecule has 8 atom stereocenters. The molecule has 0 radical (unpaired) electrons. The van der Waals surface area contributed by atoms with E-state index in [2.05, 4.69) is 0 Å². The van der Waals surface area contributed by atoms with Crippen molar-refractivity contribution < 1.29 is 58.2 Å². The van der Waals surface area contributed by atoms with E-state index >= 15 is 0 Å². The van der Waals surface area contributed by atoms with Crippen LogP contribution in [-0.4, -0.2) is 113 Å². The zero-order valence-corrected chi connectivity index (χ0v) is 16.3. The van der Waals surface area contributed by atoms with Crippen molar-refractivity contribution in [3.63, 3.8) is 0 Å². The zero-order chi connectivity index (χ0) is 21.3. The fraction of sp³-hybridized carbons (Fsp3) is 1.00. The summed E-state index contributed by atoms with van der Waals surface area (Å²) in [5, 5.41) is 48.0. The maximum absolute atomic E-state index is 12.0. The third-order valence-corrected chi connectivity index (χ3v) is 4.81. The van der Waals surface area contributed by atoms with Crippen LogP contribution in [0, 0.1) is 0 Å². The minimum atomic E-state index is -4.61.